The Bertz CT molecular complexity index is 628. The van der Waals surface area contributed by atoms with Gasteiger partial charge in [-0.2, -0.15) is 0 Å². The van der Waals surface area contributed by atoms with Crippen LogP contribution in [0.25, 0.3) is 0 Å². The molecule has 0 radical (unpaired) electrons. The predicted octanol–water partition coefficient (Wildman–Crippen LogP) is 3.07. The van der Waals surface area contributed by atoms with Crippen LogP contribution in [0, 0.1) is 0 Å². The molecule has 108 valence electrons. The van der Waals surface area contributed by atoms with Crippen LogP contribution in [0.3, 0.4) is 0 Å². The second kappa shape index (κ2) is 5.95. The van der Waals surface area contributed by atoms with Gasteiger partial charge in [-0.05, 0) is 42.7 Å². The SMILES string of the molecule is COc1cccc([C@H]2CCCN2C(=O)c2ccncc2)c1. The molecule has 0 spiro atoms. The van der Waals surface area contributed by atoms with Crippen LogP contribution in [0.1, 0.15) is 34.8 Å². The topological polar surface area (TPSA) is 42.4 Å². The minimum absolute atomic E-state index is 0.0720. The average Bonchev–Trinajstić information content (AvgIpc) is 3.04. The summed E-state index contributed by atoms with van der Waals surface area (Å²) >= 11 is 0. The van der Waals surface area contributed by atoms with Crippen molar-refractivity contribution in [1.29, 1.82) is 0 Å². The summed E-state index contributed by atoms with van der Waals surface area (Å²) in [5.41, 5.74) is 1.83. The maximum Gasteiger partial charge on any atom is 0.254 e. The fraction of sp³-hybridized carbons (Fsp3) is 0.294. The summed E-state index contributed by atoms with van der Waals surface area (Å²) in [4.78, 5) is 18.6. The quantitative estimate of drug-likeness (QED) is 0.869. The molecule has 0 unspecified atom stereocenters. The Hall–Kier alpha value is -2.36. The van der Waals surface area contributed by atoms with E-state index in [0.29, 0.717) is 5.56 Å². The van der Waals surface area contributed by atoms with Crippen LogP contribution in [0.4, 0.5) is 0 Å². The van der Waals surface area contributed by atoms with E-state index < -0.39 is 0 Å². The minimum atomic E-state index is 0.0720. The number of hydrogen-bond acceptors (Lipinski definition) is 3. The third-order valence-corrected chi connectivity index (χ3v) is 3.92. The molecule has 3 rings (SSSR count). The van der Waals surface area contributed by atoms with Crippen LogP contribution in [-0.2, 0) is 0 Å². The Morgan fingerprint density at radius 3 is 2.86 bits per heavy atom. The normalized spacial score (nSPS) is 17.8. The van der Waals surface area contributed by atoms with E-state index in [1.165, 1.54) is 0 Å². The Balaban J connectivity index is 1.87. The number of methoxy groups -OCH3 is 1. The lowest BCUT2D eigenvalue weighted by Gasteiger charge is -2.25. The third-order valence-electron chi connectivity index (χ3n) is 3.92. The van der Waals surface area contributed by atoms with Crippen LogP contribution in [0.2, 0.25) is 0 Å². The highest BCUT2D eigenvalue weighted by Gasteiger charge is 2.30. The van der Waals surface area contributed by atoms with Crippen molar-refractivity contribution in [2.45, 2.75) is 18.9 Å². The van der Waals surface area contributed by atoms with E-state index in [2.05, 4.69) is 11.1 Å². The zero-order valence-corrected chi connectivity index (χ0v) is 12.0. The number of aromatic nitrogens is 1. The summed E-state index contributed by atoms with van der Waals surface area (Å²) in [7, 11) is 1.66. The van der Waals surface area contributed by atoms with Crippen molar-refractivity contribution in [2.24, 2.45) is 0 Å². The summed E-state index contributed by atoms with van der Waals surface area (Å²) in [6.07, 6.45) is 5.33. The second-order valence-corrected chi connectivity index (χ2v) is 5.17. The van der Waals surface area contributed by atoms with E-state index in [1.54, 1.807) is 31.6 Å². The first-order valence-electron chi connectivity index (χ1n) is 7.14. The highest BCUT2D eigenvalue weighted by atomic mass is 16.5. The monoisotopic (exact) mass is 282 g/mol. The number of rotatable bonds is 3. The maximum absolute atomic E-state index is 12.7. The van der Waals surface area contributed by atoms with E-state index in [0.717, 1.165) is 30.7 Å². The molecule has 1 atom stereocenters. The maximum atomic E-state index is 12.7. The lowest BCUT2D eigenvalue weighted by Crippen LogP contribution is -2.30. The minimum Gasteiger partial charge on any atom is -0.497 e. The van der Waals surface area contributed by atoms with E-state index in [-0.39, 0.29) is 11.9 Å². The lowest BCUT2D eigenvalue weighted by molar-refractivity contribution is 0.0735. The van der Waals surface area contributed by atoms with Gasteiger partial charge in [-0.25, -0.2) is 0 Å². The third kappa shape index (κ3) is 2.75. The van der Waals surface area contributed by atoms with E-state index >= 15 is 0 Å². The molecule has 1 aliphatic heterocycles. The number of ether oxygens (including phenoxy) is 1. The number of likely N-dealkylation sites (tertiary alicyclic amines) is 1. The number of pyridine rings is 1. The second-order valence-electron chi connectivity index (χ2n) is 5.17. The molecule has 1 fully saturated rings. The Kier molecular flexibility index (Phi) is 3.86. The van der Waals surface area contributed by atoms with Gasteiger partial charge in [0.25, 0.3) is 5.91 Å². The van der Waals surface area contributed by atoms with Gasteiger partial charge in [-0.3, -0.25) is 9.78 Å². The van der Waals surface area contributed by atoms with Crippen molar-refractivity contribution >= 4 is 5.91 Å². The molecule has 1 saturated heterocycles. The summed E-state index contributed by atoms with van der Waals surface area (Å²) in [6.45, 7) is 0.795. The Morgan fingerprint density at radius 1 is 1.29 bits per heavy atom. The molecule has 0 bridgehead atoms. The van der Waals surface area contributed by atoms with Crippen molar-refractivity contribution in [1.82, 2.24) is 9.88 Å². The zero-order chi connectivity index (χ0) is 14.7. The molecule has 4 heteroatoms. The molecule has 21 heavy (non-hydrogen) atoms. The number of hydrogen-bond donors (Lipinski definition) is 0. The van der Waals surface area contributed by atoms with Gasteiger partial charge in [-0.1, -0.05) is 12.1 Å². The van der Waals surface area contributed by atoms with Gasteiger partial charge in [-0.15, -0.1) is 0 Å². The molecule has 0 N–H and O–H groups in total. The molecule has 1 aromatic heterocycles. The first-order valence-corrected chi connectivity index (χ1v) is 7.14. The van der Waals surface area contributed by atoms with Gasteiger partial charge >= 0.3 is 0 Å². The summed E-state index contributed by atoms with van der Waals surface area (Å²) in [6, 6.07) is 11.6. The van der Waals surface area contributed by atoms with Crippen molar-refractivity contribution in [2.75, 3.05) is 13.7 Å². The van der Waals surface area contributed by atoms with Crippen LogP contribution in [-0.4, -0.2) is 29.4 Å². The van der Waals surface area contributed by atoms with Crippen LogP contribution < -0.4 is 4.74 Å². The zero-order valence-electron chi connectivity index (χ0n) is 12.0. The van der Waals surface area contributed by atoms with E-state index in [9.17, 15) is 4.79 Å². The average molecular weight is 282 g/mol. The van der Waals surface area contributed by atoms with Crippen molar-refractivity contribution in [3.8, 4) is 5.75 Å². The molecule has 1 amide bonds. The van der Waals surface area contributed by atoms with Crippen molar-refractivity contribution < 1.29 is 9.53 Å². The van der Waals surface area contributed by atoms with Gasteiger partial charge < -0.3 is 9.64 Å². The molecule has 0 saturated carbocycles. The van der Waals surface area contributed by atoms with Gasteiger partial charge in [0, 0.05) is 24.5 Å². The number of carbonyl (C=O) groups is 1. The largest absolute Gasteiger partial charge is 0.497 e. The fourth-order valence-corrected chi connectivity index (χ4v) is 2.87. The van der Waals surface area contributed by atoms with Crippen LogP contribution >= 0.6 is 0 Å². The highest BCUT2D eigenvalue weighted by molar-refractivity contribution is 5.94. The van der Waals surface area contributed by atoms with Gasteiger partial charge in [0.15, 0.2) is 0 Å². The molecule has 4 nitrogen and oxygen atoms in total. The number of benzene rings is 1. The molecule has 0 aliphatic carbocycles. The summed E-state index contributed by atoms with van der Waals surface area (Å²) in [5.74, 6) is 0.901. The van der Waals surface area contributed by atoms with Gasteiger partial charge in [0.05, 0.1) is 13.2 Å². The lowest BCUT2D eigenvalue weighted by atomic mass is 10.0. The molecule has 1 aromatic carbocycles. The first-order chi connectivity index (χ1) is 10.3. The summed E-state index contributed by atoms with van der Waals surface area (Å²) in [5, 5.41) is 0. The molecule has 2 aromatic rings. The van der Waals surface area contributed by atoms with Crippen molar-refractivity contribution in [3.05, 3.63) is 59.9 Å². The van der Waals surface area contributed by atoms with E-state index in [1.807, 2.05) is 23.1 Å². The number of carbonyl (C=O) groups excluding carboxylic acids is 1. The van der Waals surface area contributed by atoms with Crippen LogP contribution in [0.5, 0.6) is 5.75 Å². The Labute approximate surface area is 124 Å². The first kappa shape index (κ1) is 13.6. The van der Waals surface area contributed by atoms with Gasteiger partial charge in [0.2, 0.25) is 0 Å². The van der Waals surface area contributed by atoms with Crippen LogP contribution in [0.15, 0.2) is 48.8 Å². The smallest absolute Gasteiger partial charge is 0.254 e. The molecular formula is C17H18N2O2. The number of nitrogens with zero attached hydrogens (tertiary/aromatic N) is 2. The standard InChI is InChI=1S/C17H18N2O2/c1-21-15-5-2-4-14(12-15)16-6-3-11-19(16)17(20)13-7-9-18-10-8-13/h2,4-5,7-10,12,16H,3,6,11H2,1H3/t16-/m1/s1. The molecule has 2 heterocycles. The predicted molar refractivity (Wildman–Crippen MR) is 80.2 cm³/mol. The highest BCUT2D eigenvalue weighted by Crippen LogP contribution is 2.34. The number of amides is 1. The molecule has 1 aliphatic rings. The Morgan fingerprint density at radius 2 is 2.10 bits per heavy atom. The fourth-order valence-electron chi connectivity index (χ4n) is 2.87. The van der Waals surface area contributed by atoms with Crippen molar-refractivity contribution in [3.63, 3.8) is 0 Å². The molecular weight excluding hydrogens is 264 g/mol. The summed E-state index contributed by atoms with van der Waals surface area (Å²) < 4.78 is 5.28. The van der Waals surface area contributed by atoms with E-state index in [4.69, 9.17) is 4.74 Å². The van der Waals surface area contributed by atoms with Gasteiger partial charge in [0.1, 0.15) is 5.75 Å².